The van der Waals surface area contributed by atoms with E-state index in [1.54, 1.807) is 32.3 Å². The van der Waals surface area contributed by atoms with E-state index < -0.39 is 10.8 Å². The van der Waals surface area contributed by atoms with Crippen molar-refractivity contribution in [2.24, 2.45) is 0 Å². The zero-order chi connectivity index (χ0) is 12.3. The summed E-state index contributed by atoms with van der Waals surface area (Å²) in [6.07, 6.45) is 0. The number of carbonyl (C=O) groups excluding carboxylic acids is 1. The Bertz CT molecular complexity index is 430. The Labute approximate surface area is 97.9 Å². The van der Waals surface area contributed by atoms with Crippen LogP contribution in [0.3, 0.4) is 0 Å². The maximum Gasteiger partial charge on any atom is 0.235 e. The molecule has 0 saturated carbocycles. The molecule has 0 heterocycles. The lowest BCUT2D eigenvalue weighted by Crippen LogP contribution is -2.27. The second-order valence-electron chi connectivity index (χ2n) is 3.80. The molecule has 0 aliphatic heterocycles. The molecule has 88 valence electrons. The monoisotopic (exact) mass is 240 g/mol. The summed E-state index contributed by atoms with van der Waals surface area (Å²) in [5, 5.41) is 0. The van der Waals surface area contributed by atoms with E-state index in [1.807, 2.05) is 6.92 Å². The molecule has 0 bridgehead atoms. The van der Waals surface area contributed by atoms with Gasteiger partial charge in [-0.25, -0.2) is 0 Å². The van der Waals surface area contributed by atoms with Crippen LogP contribution in [0.4, 0.5) is 5.69 Å². The first-order chi connectivity index (χ1) is 7.41. The first-order valence-electron chi connectivity index (χ1n) is 4.86. The number of rotatable bonds is 3. The van der Waals surface area contributed by atoms with Crippen LogP contribution in [0.25, 0.3) is 0 Å². The molecule has 0 aromatic heterocycles. The fourth-order valence-electron chi connectivity index (χ4n) is 1.25. The van der Waals surface area contributed by atoms with Crippen molar-refractivity contribution in [3.8, 4) is 0 Å². The molecule has 4 nitrogen and oxygen atoms in total. The Hall–Kier alpha value is -1.36. The number of nitrogens with zero attached hydrogens (tertiary/aromatic N) is 1. The van der Waals surface area contributed by atoms with Crippen LogP contribution in [0, 0.1) is 6.92 Å². The number of amides is 1. The van der Waals surface area contributed by atoms with E-state index in [1.165, 1.54) is 4.90 Å². The van der Waals surface area contributed by atoms with Crippen molar-refractivity contribution in [2.75, 3.05) is 25.6 Å². The number of benzene rings is 1. The molecule has 0 aliphatic rings. The van der Waals surface area contributed by atoms with Gasteiger partial charge in [-0.1, -0.05) is 0 Å². The van der Waals surface area contributed by atoms with Crippen molar-refractivity contribution in [1.82, 2.24) is 4.90 Å². The lowest BCUT2D eigenvalue weighted by atomic mass is 10.2. The first-order valence-corrected chi connectivity index (χ1v) is 6.18. The third-order valence-corrected chi connectivity index (χ3v) is 3.66. The number of aryl methyl sites for hydroxylation is 1. The molecule has 0 radical (unpaired) electrons. The molecule has 2 N–H and O–H groups in total. The molecule has 5 heteroatoms. The van der Waals surface area contributed by atoms with E-state index in [2.05, 4.69) is 0 Å². The average Bonchev–Trinajstić information content (AvgIpc) is 2.16. The first kappa shape index (κ1) is 12.7. The second kappa shape index (κ2) is 5.12. The van der Waals surface area contributed by atoms with Crippen LogP contribution in [0.15, 0.2) is 23.1 Å². The van der Waals surface area contributed by atoms with E-state index in [9.17, 15) is 9.00 Å². The topological polar surface area (TPSA) is 63.4 Å². The zero-order valence-corrected chi connectivity index (χ0v) is 10.5. The third kappa shape index (κ3) is 3.06. The smallest absolute Gasteiger partial charge is 0.235 e. The summed E-state index contributed by atoms with van der Waals surface area (Å²) in [5.41, 5.74) is 7.09. The summed E-state index contributed by atoms with van der Waals surface area (Å²) in [6.45, 7) is 1.84. The number of hydrogen-bond donors (Lipinski definition) is 1. The van der Waals surface area contributed by atoms with Crippen LogP contribution in [0.2, 0.25) is 0 Å². The summed E-state index contributed by atoms with van der Waals surface area (Å²) >= 11 is 0. The van der Waals surface area contributed by atoms with E-state index >= 15 is 0 Å². The molecule has 1 rings (SSSR count). The molecule has 1 amide bonds. The fourth-order valence-corrected chi connectivity index (χ4v) is 2.52. The van der Waals surface area contributed by atoms with Gasteiger partial charge in [0, 0.05) is 24.7 Å². The van der Waals surface area contributed by atoms with Gasteiger partial charge >= 0.3 is 0 Å². The summed E-state index contributed by atoms with van der Waals surface area (Å²) in [5.74, 6) is -0.132. The van der Waals surface area contributed by atoms with Gasteiger partial charge in [-0.15, -0.1) is 0 Å². The number of nitrogens with two attached hydrogens (primary N) is 1. The molecule has 1 unspecified atom stereocenters. The van der Waals surface area contributed by atoms with E-state index in [0.717, 1.165) is 5.56 Å². The molecule has 1 aromatic carbocycles. The normalized spacial score (nSPS) is 12.2. The minimum absolute atomic E-state index is 0.0117. The zero-order valence-electron chi connectivity index (χ0n) is 9.69. The molecule has 0 fully saturated rings. The third-order valence-electron chi connectivity index (χ3n) is 2.20. The number of nitrogen functional groups attached to an aromatic ring is 1. The van der Waals surface area contributed by atoms with Gasteiger partial charge in [-0.2, -0.15) is 0 Å². The fraction of sp³-hybridized carbons (Fsp3) is 0.364. The Morgan fingerprint density at radius 3 is 2.56 bits per heavy atom. The van der Waals surface area contributed by atoms with Crippen molar-refractivity contribution in [2.45, 2.75) is 11.8 Å². The average molecular weight is 240 g/mol. The van der Waals surface area contributed by atoms with E-state index in [0.29, 0.717) is 10.6 Å². The predicted molar refractivity (Wildman–Crippen MR) is 65.6 cm³/mol. The number of carbonyl (C=O) groups is 1. The summed E-state index contributed by atoms with van der Waals surface area (Å²) in [7, 11) is 2.00. The Morgan fingerprint density at radius 2 is 2.06 bits per heavy atom. The number of anilines is 1. The van der Waals surface area contributed by atoms with Gasteiger partial charge in [0.15, 0.2) is 0 Å². The molecule has 1 atom stereocenters. The van der Waals surface area contributed by atoms with Crippen LogP contribution in [-0.4, -0.2) is 34.9 Å². The maximum absolute atomic E-state index is 11.9. The molecule has 0 aliphatic carbocycles. The highest BCUT2D eigenvalue weighted by Gasteiger charge is 2.13. The van der Waals surface area contributed by atoms with Gasteiger partial charge in [0.1, 0.15) is 5.75 Å². The van der Waals surface area contributed by atoms with Crippen molar-refractivity contribution in [3.05, 3.63) is 23.8 Å². The summed E-state index contributed by atoms with van der Waals surface area (Å²) in [6, 6.07) is 5.16. The van der Waals surface area contributed by atoms with Crippen molar-refractivity contribution in [1.29, 1.82) is 0 Å². The van der Waals surface area contributed by atoms with Crippen molar-refractivity contribution in [3.63, 3.8) is 0 Å². The van der Waals surface area contributed by atoms with Crippen LogP contribution < -0.4 is 5.73 Å². The highest BCUT2D eigenvalue weighted by molar-refractivity contribution is 7.85. The summed E-state index contributed by atoms with van der Waals surface area (Å²) < 4.78 is 11.9. The second-order valence-corrected chi connectivity index (χ2v) is 5.22. The molecule has 0 spiro atoms. The lowest BCUT2D eigenvalue weighted by Gasteiger charge is -2.11. The largest absolute Gasteiger partial charge is 0.399 e. The SMILES string of the molecule is Cc1cc(N)ccc1S(=O)CC(=O)N(C)C. The van der Waals surface area contributed by atoms with Crippen molar-refractivity contribution >= 4 is 22.4 Å². The van der Waals surface area contributed by atoms with Gasteiger partial charge in [0.05, 0.1) is 10.8 Å². The Morgan fingerprint density at radius 1 is 1.44 bits per heavy atom. The van der Waals surface area contributed by atoms with Crippen LogP contribution in [-0.2, 0) is 15.6 Å². The van der Waals surface area contributed by atoms with Crippen LogP contribution in [0.5, 0.6) is 0 Å². The minimum atomic E-state index is -1.30. The molecule has 1 aromatic rings. The van der Waals surface area contributed by atoms with E-state index in [-0.39, 0.29) is 11.7 Å². The predicted octanol–water partition coefficient (Wildman–Crippen LogP) is 0.773. The molecule has 0 saturated heterocycles. The van der Waals surface area contributed by atoms with Crippen LogP contribution in [0.1, 0.15) is 5.56 Å². The van der Waals surface area contributed by atoms with Gasteiger partial charge in [0.25, 0.3) is 0 Å². The van der Waals surface area contributed by atoms with Crippen LogP contribution >= 0.6 is 0 Å². The molecular weight excluding hydrogens is 224 g/mol. The standard InChI is InChI=1S/C11H16N2O2S/c1-8-6-9(12)4-5-10(8)16(15)7-11(14)13(2)3/h4-6H,7,12H2,1-3H3. The maximum atomic E-state index is 11.9. The quantitative estimate of drug-likeness (QED) is 0.794. The molecule has 16 heavy (non-hydrogen) atoms. The summed E-state index contributed by atoms with van der Waals surface area (Å²) in [4.78, 5) is 13.5. The van der Waals surface area contributed by atoms with Gasteiger partial charge in [-0.3, -0.25) is 9.00 Å². The van der Waals surface area contributed by atoms with E-state index in [4.69, 9.17) is 5.73 Å². The van der Waals surface area contributed by atoms with Crippen molar-refractivity contribution < 1.29 is 9.00 Å². The lowest BCUT2D eigenvalue weighted by molar-refractivity contribution is -0.125. The highest BCUT2D eigenvalue weighted by atomic mass is 32.2. The molecular formula is C11H16N2O2S. The van der Waals surface area contributed by atoms with Gasteiger partial charge in [-0.05, 0) is 30.7 Å². The van der Waals surface area contributed by atoms with Gasteiger partial charge < -0.3 is 10.6 Å². The Kier molecular flexibility index (Phi) is 4.06. The Balaban J connectivity index is 2.85. The minimum Gasteiger partial charge on any atom is -0.399 e. The highest BCUT2D eigenvalue weighted by Crippen LogP contribution is 2.16. The number of hydrogen-bond acceptors (Lipinski definition) is 3. The van der Waals surface area contributed by atoms with Gasteiger partial charge in [0.2, 0.25) is 5.91 Å².